The highest BCUT2D eigenvalue weighted by atomic mass is 16.5. The molecule has 0 radical (unpaired) electrons. The number of nitrogens with zero attached hydrogens (tertiary/aromatic N) is 3. The summed E-state index contributed by atoms with van der Waals surface area (Å²) in [5.41, 5.74) is -0.504. The topological polar surface area (TPSA) is 92.2 Å². The molecule has 0 saturated heterocycles. The third kappa shape index (κ3) is 4.03. The number of aliphatic hydroxyl groups is 1. The molecule has 0 atom stereocenters. The van der Waals surface area contributed by atoms with E-state index >= 15 is 0 Å². The second-order valence-corrected chi connectivity index (χ2v) is 4.12. The first kappa shape index (κ1) is 13.4. The van der Waals surface area contributed by atoms with Gasteiger partial charge in [0.05, 0.1) is 18.8 Å². The van der Waals surface area contributed by atoms with Crippen molar-refractivity contribution in [3.63, 3.8) is 0 Å². The van der Waals surface area contributed by atoms with E-state index in [4.69, 9.17) is 4.74 Å². The minimum absolute atomic E-state index is 0.0302. The maximum Gasteiger partial charge on any atom is 0.323 e. The van der Waals surface area contributed by atoms with Crippen LogP contribution in [0.3, 0.4) is 0 Å². The lowest BCUT2D eigenvalue weighted by molar-refractivity contribution is 0.233. The Morgan fingerprint density at radius 1 is 1.24 bits per heavy atom. The van der Waals surface area contributed by atoms with Gasteiger partial charge in [0.2, 0.25) is 11.9 Å². The average Bonchev–Trinajstić information content (AvgIpc) is 2.28. The Morgan fingerprint density at radius 2 is 1.88 bits per heavy atom. The number of hydrogen-bond acceptors (Lipinski definition) is 7. The quantitative estimate of drug-likeness (QED) is 0.667. The molecule has 1 rings (SSSR count). The molecule has 7 heteroatoms. The van der Waals surface area contributed by atoms with Crippen LogP contribution in [0.5, 0.6) is 6.01 Å². The Balaban J connectivity index is 2.94. The standard InChI is InChI=1S/C10H19N5O2/c1-5-17-9-13-7(11-4)12-8(14-9)15-10(2,3)6-16/h16H,5-6H2,1-4H3,(H2,11,12,13,14,15). The van der Waals surface area contributed by atoms with Crippen molar-refractivity contribution in [1.82, 2.24) is 15.0 Å². The third-order valence-corrected chi connectivity index (χ3v) is 1.96. The zero-order valence-corrected chi connectivity index (χ0v) is 10.6. The van der Waals surface area contributed by atoms with E-state index in [9.17, 15) is 5.11 Å². The Morgan fingerprint density at radius 3 is 2.41 bits per heavy atom. The smallest absolute Gasteiger partial charge is 0.323 e. The van der Waals surface area contributed by atoms with Gasteiger partial charge in [-0.15, -0.1) is 0 Å². The molecule has 0 bridgehead atoms. The summed E-state index contributed by atoms with van der Waals surface area (Å²) in [5, 5.41) is 15.0. The van der Waals surface area contributed by atoms with E-state index in [0.29, 0.717) is 18.5 Å². The first-order chi connectivity index (χ1) is 8.00. The third-order valence-electron chi connectivity index (χ3n) is 1.96. The van der Waals surface area contributed by atoms with Gasteiger partial charge in [-0.2, -0.15) is 15.0 Å². The first-order valence-corrected chi connectivity index (χ1v) is 5.46. The summed E-state index contributed by atoms with van der Waals surface area (Å²) < 4.78 is 5.23. The lowest BCUT2D eigenvalue weighted by atomic mass is 10.1. The van der Waals surface area contributed by atoms with E-state index in [1.807, 2.05) is 20.8 Å². The maximum atomic E-state index is 9.17. The Hall–Kier alpha value is -1.63. The van der Waals surface area contributed by atoms with Crippen molar-refractivity contribution in [1.29, 1.82) is 0 Å². The Labute approximate surface area is 101 Å². The van der Waals surface area contributed by atoms with Crippen LogP contribution in [0.4, 0.5) is 11.9 Å². The van der Waals surface area contributed by atoms with Crippen LogP contribution in [0.2, 0.25) is 0 Å². The minimum atomic E-state index is -0.504. The molecule has 0 unspecified atom stereocenters. The van der Waals surface area contributed by atoms with Gasteiger partial charge in [0.25, 0.3) is 0 Å². The molecule has 1 heterocycles. The van der Waals surface area contributed by atoms with Gasteiger partial charge in [-0.1, -0.05) is 0 Å². The van der Waals surface area contributed by atoms with Gasteiger partial charge in [0.1, 0.15) is 0 Å². The van der Waals surface area contributed by atoms with Crippen LogP contribution in [0.1, 0.15) is 20.8 Å². The molecule has 7 nitrogen and oxygen atoms in total. The molecule has 96 valence electrons. The molecule has 0 saturated carbocycles. The van der Waals surface area contributed by atoms with Crippen molar-refractivity contribution < 1.29 is 9.84 Å². The van der Waals surface area contributed by atoms with Crippen LogP contribution in [0.25, 0.3) is 0 Å². The number of nitrogens with one attached hydrogen (secondary N) is 2. The molecule has 0 aliphatic rings. The van der Waals surface area contributed by atoms with Gasteiger partial charge >= 0.3 is 6.01 Å². The summed E-state index contributed by atoms with van der Waals surface area (Å²) in [5.74, 6) is 0.784. The lowest BCUT2D eigenvalue weighted by Crippen LogP contribution is -2.35. The van der Waals surface area contributed by atoms with Gasteiger partial charge < -0.3 is 20.5 Å². The van der Waals surface area contributed by atoms with Gasteiger partial charge in [-0.05, 0) is 20.8 Å². The highest BCUT2D eigenvalue weighted by Crippen LogP contribution is 2.15. The maximum absolute atomic E-state index is 9.17. The van der Waals surface area contributed by atoms with Crippen molar-refractivity contribution in [3.8, 4) is 6.01 Å². The molecule has 0 aliphatic heterocycles. The summed E-state index contributed by atoms with van der Waals surface area (Å²) in [6, 6.07) is 0.253. The second-order valence-electron chi connectivity index (χ2n) is 4.12. The predicted molar refractivity (Wildman–Crippen MR) is 65.3 cm³/mol. The van der Waals surface area contributed by atoms with Crippen LogP contribution in [-0.2, 0) is 0 Å². The van der Waals surface area contributed by atoms with E-state index in [-0.39, 0.29) is 12.6 Å². The second kappa shape index (κ2) is 5.62. The van der Waals surface area contributed by atoms with Crippen LogP contribution >= 0.6 is 0 Å². The van der Waals surface area contributed by atoms with Gasteiger partial charge in [-0.25, -0.2) is 0 Å². The summed E-state index contributed by atoms with van der Waals surface area (Å²) in [6.07, 6.45) is 0. The summed E-state index contributed by atoms with van der Waals surface area (Å²) in [7, 11) is 1.71. The molecule has 0 fully saturated rings. The molecule has 1 aromatic heterocycles. The fraction of sp³-hybridized carbons (Fsp3) is 0.700. The molecule has 0 spiro atoms. The zero-order valence-electron chi connectivity index (χ0n) is 10.6. The zero-order chi connectivity index (χ0) is 12.9. The normalized spacial score (nSPS) is 11.1. The van der Waals surface area contributed by atoms with Crippen LogP contribution < -0.4 is 15.4 Å². The molecule has 1 aromatic rings. The fourth-order valence-electron chi connectivity index (χ4n) is 1.06. The van der Waals surface area contributed by atoms with E-state index in [0.717, 1.165) is 0 Å². The predicted octanol–water partition coefficient (Wildman–Crippen LogP) is 0.495. The Kier molecular flexibility index (Phi) is 4.45. The molecule has 0 aromatic carbocycles. The van der Waals surface area contributed by atoms with Crippen LogP contribution in [-0.4, -0.2) is 45.9 Å². The number of hydrogen-bond donors (Lipinski definition) is 3. The van der Waals surface area contributed by atoms with Gasteiger partial charge in [0.15, 0.2) is 0 Å². The fourth-order valence-corrected chi connectivity index (χ4v) is 1.06. The minimum Gasteiger partial charge on any atom is -0.464 e. The molecular formula is C10H19N5O2. The van der Waals surface area contributed by atoms with E-state index in [2.05, 4.69) is 25.6 Å². The van der Waals surface area contributed by atoms with Crippen molar-refractivity contribution in [2.75, 3.05) is 30.9 Å². The van der Waals surface area contributed by atoms with Crippen molar-refractivity contribution in [3.05, 3.63) is 0 Å². The number of rotatable bonds is 6. The largest absolute Gasteiger partial charge is 0.464 e. The van der Waals surface area contributed by atoms with Crippen LogP contribution in [0, 0.1) is 0 Å². The Bertz CT molecular complexity index is 370. The van der Waals surface area contributed by atoms with Crippen molar-refractivity contribution in [2.45, 2.75) is 26.3 Å². The average molecular weight is 241 g/mol. The summed E-state index contributed by atoms with van der Waals surface area (Å²) in [6.45, 7) is 5.99. The van der Waals surface area contributed by atoms with Crippen molar-refractivity contribution in [2.24, 2.45) is 0 Å². The van der Waals surface area contributed by atoms with E-state index in [1.54, 1.807) is 7.05 Å². The molecule has 0 amide bonds. The highest BCUT2D eigenvalue weighted by molar-refractivity contribution is 5.37. The number of aliphatic hydroxyl groups excluding tert-OH is 1. The summed E-state index contributed by atoms with van der Waals surface area (Å²) >= 11 is 0. The molecule has 3 N–H and O–H groups in total. The highest BCUT2D eigenvalue weighted by Gasteiger charge is 2.18. The number of anilines is 2. The monoisotopic (exact) mass is 241 g/mol. The van der Waals surface area contributed by atoms with Gasteiger partial charge in [0, 0.05) is 7.05 Å². The van der Waals surface area contributed by atoms with Crippen LogP contribution in [0.15, 0.2) is 0 Å². The number of aromatic nitrogens is 3. The van der Waals surface area contributed by atoms with Crippen molar-refractivity contribution >= 4 is 11.9 Å². The van der Waals surface area contributed by atoms with E-state index < -0.39 is 5.54 Å². The molecule has 17 heavy (non-hydrogen) atoms. The summed E-state index contributed by atoms with van der Waals surface area (Å²) in [4.78, 5) is 12.3. The molecular weight excluding hydrogens is 222 g/mol. The van der Waals surface area contributed by atoms with Gasteiger partial charge in [-0.3, -0.25) is 0 Å². The molecule has 0 aliphatic carbocycles. The first-order valence-electron chi connectivity index (χ1n) is 5.46. The lowest BCUT2D eigenvalue weighted by Gasteiger charge is -2.23. The van der Waals surface area contributed by atoms with E-state index in [1.165, 1.54) is 0 Å². The number of ether oxygens (including phenoxy) is 1. The SMILES string of the molecule is CCOc1nc(NC)nc(NC(C)(C)CO)n1.